The van der Waals surface area contributed by atoms with E-state index in [1.807, 2.05) is 0 Å². The fraction of sp³-hybridized carbons (Fsp3) is 0.286. The van der Waals surface area contributed by atoms with E-state index < -0.39 is 0 Å². The predicted octanol–water partition coefficient (Wildman–Crippen LogP) is 3.13. The molecule has 0 saturated carbocycles. The van der Waals surface area contributed by atoms with Gasteiger partial charge in [-0.25, -0.2) is 14.4 Å². The van der Waals surface area contributed by atoms with Crippen LogP contribution in [0.1, 0.15) is 13.8 Å². The van der Waals surface area contributed by atoms with E-state index in [9.17, 15) is 4.39 Å². The van der Waals surface area contributed by atoms with Gasteiger partial charge in [0, 0.05) is 31.0 Å². The summed E-state index contributed by atoms with van der Waals surface area (Å²) in [7, 11) is 0. The molecule has 0 aliphatic carbocycles. The molecule has 1 aromatic heterocycles. The number of aromatic nitrogens is 2. The van der Waals surface area contributed by atoms with E-state index in [2.05, 4.69) is 28.7 Å². The smallest absolute Gasteiger partial charge is 0.225 e. The summed E-state index contributed by atoms with van der Waals surface area (Å²) >= 11 is 0. The Balaban J connectivity index is 2.24. The number of anilines is 1. The summed E-state index contributed by atoms with van der Waals surface area (Å²) in [6, 6.07) is 6.33. The quantitative estimate of drug-likeness (QED) is 0.828. The maximum atomic E-state index is 12.8. The van der Waals surface area contributed by atoms with Crippen molar-refractivity contribution in [2.75, 3.05) is 18.0 Å². The molecule has 1 heterocycles. The second kappa shape index (κ2) is 5.58. The second-order valence-corrected chi connectivity index (χ2v) is 3.95. The van der Waals surface area contributed by atoms with Gasteiger partial charge in [0.05, 0.1) is 0 Å². The van der Waals surface area contributed by atoms with Gasteiger partial charge in [0.15, 0.2) is 0 Å². The maximum Gasteiger partial charge on any atom is 0.225 e. The van der Waals surface area contributed by atoms with Gasteiger partial charge in [0.1, 0.15) is 5.82 Å². The highest BCUT2D eigenvalue weighted by atomic mass is 19.1. The van der Waals surface area contributed by atoms with Gasteiger partial charge in [0.2, 0.25) is 5.95 Å². The van der Waals surface area contributed by atoms with Crippen molar-refractivity contribution < 1.29 is 4.39 Å². The number of hydrogen-bond acceptors (Lipinski definition) is 3. The summed E-state index contributed by atoms with van der Waals surface area (Å²) in [5.41, 5.74) is 1.81. The zero-order valence-electron chi connectivity index (χ0n) is 10.6. The first-order valence-electron chi connectivity index (χ1n) is 6.07. The second-order valence-electron chi connectivity index (χ2n) is 3.95. The lowest BCUT2D eigenvalue weighted by Gasteiger charge is -2.18. The third kappa shape index (κ3) is 2.64. The summed E-state index contributed by atoms with van der Waals surface area (Å²) < 4.78 is 12.8. The lowest BCUT2D eigenvalue weighted by Crippen LogP contribution is -2.23. The monoisotopic (exact) mass is 245 g/mol. The number of rotatable bonds is 4. The molecule has 1 aromatic carbocycles. The summed E-state index contributed by atoms with van der Waals surface area (Å²) in [4.78, 5) is 10.8. The van der Waals surface area contributed by atoms with Crippen LogP contribution in [-0.2, 0) is 0 Å². The Hall–Kier alpha value is -1.97. The molecule has 2 rings (SSSR count). The molecular formula is C14H16FN3. The molecule has 0 N–H and O–H groups in total. The fourth-order valence-corrected chi connectivity index (χ4v) is 1.78. The van der Waals surface area contributed by atoms with Gasteiger partial charge in [-0.15, -0.1) is 0 Å². The number of nitrogens with zero attached hydrogens (tertiary/aromatic N) is 3. The fourth-order valence-electron chi connectivity index (χ4n) is 1.78. The Labute approximate surface area is 106 Å². The van der Waals surface area contributed by atoms with Gasteiger partial charge >= 0.3 is 0 Å². The van der Waals surface area contributed by atoms with Crippen LogP contribution in [0.5, 0.6) is 0 Å². The Morgan fingerprint density at radius 3 is 2.00 bits per heavy atom. The van der Waals surface area contributed by atoms with Crippen LogP contribution in [0.15, 0.2) is 36.7 Å². The highest BCUT2D eigenvalue weighted by Crippen LogP contribution is 2.19. The van der Waals surface area contributed by atoms with E-state index in [4.69, 9.17) is 0 Å². The van der Waals surface area contributed by atoms with Crippen molar-refractivity contribution in [2.24, 2.45) is 0 Å². The predicted molar refractivity (Wildman–Crippen MR) is 71.0 cm³/mol. The standard InChI is InChI=1S/C14H16FN3/c1-3-18(4-2)14-16-9-12(10-17-14)11-5-7-13(15)8-6-11/h5-10H,3-4H2,1-2H3. The zero-order chi connectivity index (χ0) is 13.0. The molecule has 3 nitrogen and oxygen atoms in total. The minimum atomic E-state index is -0.237. The summed E-state index contributed by atoms with van der Waals surface area (Å²) in [6.07, 6.45) is 3.54. The van der Waals surface area contributed by atoms with Gasteiger partial charge < -0.3 is 4.90 Å². The lowest BCUT2D eigenvalue weighted by molar-refractivity contribution is 0.628. The van der Waals surface area contributed by atoms with E-state index >= 15 is 0 Å². The Morgan fingerprint density at radius 2 is 1.50 bits per heavy atom. The SMILES string of the molecule is CCN(CC)c1ncc(-c2ccc(F)cc2)cn1. The molecule has 18 heavy (non-hydrogen) atoms. The van der Waals surface area contributed by atoms with Crippen molar-refractivity contribution in [2.45, 2.75) is 13.8 Å². The molecule has 0 bridgehead atoms. The summed E-state index contributed by atoms with van der Waals surface area (Å²) in [5, 5.41) is 0. The van der Waals surface area contributed by atoms with E-state index in [-0.39, 0.29) is 5.82 Å². The topological polar surface area (TPSA) is 29.0 Å². The van der Waals surface area contributed by atoms with E-state index in [1.54, 1.807) is 24.5 Å². The highest BCUT2D eigenvalue weighted by Gasteiger charge is 2.05. The molecule has 0 unspecified atom stereocenters. The van der Waals surface area contributed by atoms with Gasteiger partial charge in [-0.05, 0) is 31.5 Å². The maximum absolute atomic E-state index is 12.8. The number of hydrogen-bond donors (Lipinski definition) is 0. The molecule has 4 heteroatoms. The lowest BCUT2D eigenvalue weighted by atomic mass is 10.1. The van der Waals surface area contributed by atoms with E-state index in [1.165, 1.54) is 12.1 Å². The molecule has 0 atom stereocenters. The Morgan fingerprint density at radius 1 is 0.944 bits per heavy atom. The van der Waals surface area contributed by atoms with Gasteiger partial charge in [-0.3, -0.25) is 0 Å². The minimum Gasteiger partial charge on any atom is -0.341 e. The molecule has 0 spiro atoms. The zero-order valence-corrected chi connectivity index (χ0v) is 10.6. The van der Waals surface area contributed by atoms with Crippen LogP contribution in [0.4, 0.5) is 10.3 Å². The van der Waals surface area contributed by atoms with Crippen molar-refractivity contribution in [1.29, 1.82) is 0 Å². The molecule has 2 aromatic rings. The van der Waals surface area contributed by atoms with Gasteiger partial charge in [0.25, 0.3) is 0 Å². The van der Waals surface area contributed by atoms with Crippen LogP contribution in [0.25, 0.3) is 11.1 Å². The van der Waals surface area contributed by atoms with Crippen molar-refractivity contribution in [3.05, 3.63) is 42.5 Å². The molecule has 0 amide bonds. The van der Waals surface area contributed by atoms with Crippen LogP contribution >= 0.6 is 0 Å². The first-order valence-corrected chi connectivity index (χ1v) is 6.07. The molecule has 0 aliphatic rings. The third-order valence-electron chi connectivity index (χ3n) is 2.86. The first-order chi connectivity index (χ1) is 8.74. The molecular weight excluding hydrogens is 229 g/mol. The van der Waals surface area contributed by atoms with Crippen LogP contribution < -0.4 is 4.90 Å². The summed E-state index contributed by atoms with van der Waals surface area (Å²) in [5.74, 6) is 0.491. The average Bonchev–Trinajstić information content (AvgIpc) is 2.42. The molecule has 0 aliphatic heterocycles. The molecule has 0 radical (unpaired) electrons. The Bertz CT molecular complexity index is 489. The number of halogens is 1. The summed E-state index contributed by atoms with van der Waals surface area (Å²) in [6.45, 7) is 5.90. The van der Waals surface area contributed by atoms with Crippen LogP contribution in [0.3, 0.4) is 0 Å². The van der Waals surface area contributed by atoms with E-state index in [0.29, 0.717) is 0 Å². The molecule has 0 fully saturated rings. The van der Waals surface area contributed by atoms with Crippen LogP contribution in [0, 0.1) is 5.82 Å². The third-order valence-corrected chi connectivity index (χ3v) is 2.86. The van der Waals surface area contributed by atoms with Crippen molar-refractivity contribution >= 4 is 5.95 Å². The highest BCUT2D eigenvalue weighted by molar-refractivity contribution is 5.61. The van der Waals surface area contributed by atoms with Gasteiger partial charge in [-0.1, -0.05) is 12.1 Å². The first kappa shape index (κ1) is 12.5. The Kier molecular flexibility index (Phi) is 3.87. The minimum absolute atomic E-state index is 0.237. The largest absolute Gasteiger partial charge is 0.341 e. The van der Waals surface area contributed by atoms with Gasteiger partial charge in [-0.2, -0.15) is 0 Å². The number of benzene rings is 1. The molecule has 94 valence electrons. The normalized spacial score (nSPS) is 10.4. The van der Waals surface area contributed by atoms with E-state index in [0.717, 1.165) is 30.2 Å². The van der Waals surface area contributed by atoms with Crippen LogP contribution in [0.2, 0.25) is 0 Å². The van der Waals surface area contributed by atoms with Crippen molar-refractivity contribution in [3.8, 4) is 11.1 Å². The van der Waals surface area contributed by atoms with Crippen molar-refractivity contribution in [1.82, 2.24) is 9.97 Å². The van der Waals surface area contributed by atoms with Crippen molar-refractivity contribution in [3.63, 3.8) is 0 Å². The average molecular weight is 245 g/mol. The molecule has 0 saturated heterocycles. The van der Waals surface area contributed by atoms with Crippen LogP contribution in [-0.4, -0.2) is 23.1 Å².